The molecular weight excluding hydrogens is 581 g/mol. The summed E-state index contributed by atoms with van der Waals surface area (Å²) in [5, 5.41) is 13.8. The molecule has 0 amide bonds. The van der Waals surface area contributed by atoms with Crippen LogP contribution >= 0.6 is 22.7 Å². The Morgan fingerprint density at radius 1 is 0.444 bits per heavy atom. The Morgan fingerprint density at radius 2 is 1.00 bits per heavy atom. The van der Waals surface area contributed by atoms with Gasteiger partial charge in [0.05, 0.1) is 0 Å². The molecule has 0 saturated heterocycles. The molecule has 10 rings (SSSR count). The summed E-state index contributed by atoms with van der Waals surface area (Å²) < 4.78 is 5.50. The third-order valence-electron chi connectivity index (χ3n) is 9.44. The van der Waals surface area contributed by atoms with E-state index in [0.717, 1.165) is 6.42 Å². The van der Waals surface area contributed by atoms with Gasteiger partial charge in [0, 0.05) is 51.1 Å². The molecule has 0 aliphatic carbocycles. The van der Waals surface area contributed by atoms with Crippen LogP contribution in [0.15, 0.2) is 140 Å². The zero-order chi connectivity index (χ0) is 29.5. The lowest BCUT2D eigenvalue weighted by atomic mass is 9.89. The van der Waals surface area contributed by atoms with Crippen molar-refractivity contribution in [3.63, 3.8) is 0 Å². The van der Waals surface area contributed by atoms with Crippen LogP contribution in [-0.2, 0) is 6.42 Å². The van der Waals surface area contributed by atoms with Crippen LogP contribution in [0.3, 0.4) is 0 Å². The minimum absolute atomic E-state index is 0.898. The first-order valence-corrected chi connectivity index (χ1v) is 17.1. The fourth-order valence-corrected chi connectivity index (χ4v) is 10.1. The van der Waals surface area contributed by atoms with Crippen molar-refractivity contribution in [3.05, 3.63) is 156 Å². The maximum Gasteiger partial charge on any atom is 0.0440 e. The number of benzene rings is 8. The molecular formula is C43H26S2. The van der Waals surface area contributed by atoms with Crippen molar-refractivity contribution in [2.24, 2.45) is 0 Å². The van der Waals surface area contributed by atoms with Gasteiger partial charge in [-0.25, -0.2) is 0 Å². The molecule has 0 N–H and O–H groups in total. The van der Waals surface area contributed by atoms with Crippen LogP contribution < -0.4 is 0 Å². The number of thiophene rings is 2. The van der Waals surface area contributed by atoms with E-state index in [2.05, 4.69) is 146 Å². The van der Waals surface area contributed by atoms with Crippen molar-refractivity contribution in [2.45, 2.75) is 6.42 Å². The molecule has 0 bridgehead atoms. The summed E-state index contributed by atoms with van der Waals surface area (Å²) in [5.41, 5.74) is 5.17. The molecule has 0 aliphatic heterocycles. The lowest BCUT2D eigenvalue weighted by Gasteiger charge is -2.14. The molecule has 10 aromatic rings. The van der Waals surface area contributed by atoms with Gasteiger partial charge in [-0.05, 0) is 62.4 Å². The zero-order valence-corrected chi connectivity index (χ0v) is 26.0. The Balaban J connectivity index is 1.25. The van der Waals surface area contributed by atoms with Crippen molar-refractivity contribution in [2.75, 3.05) is 0 Å². The van der Waals surface area contributed by atoms with Gasteiger partial charge in [0.15, 0.2) is 0 Å². The molecule has 0 atom stereocenters. The monoisotopic (exact) mass is 606 g/mol. The molecule has 0 fully saturated rings. The van der Waals surface area contributed by atoms with Crippen LogP contribution in [0.25, 0.3) is 84.3 Å². The summed E-state index contributed by atoms with van der Waals surface area (Å²) in [4.78, 5) is 0. The van der Waals surface area contributed by atoms with E-state index in [1.54, 1.807) is 0 Å². The van der Waals surface area contributed by atoms with E-state index in [0.29, 0.717) is 0 Å². The molecule has 0 aliphatic rings. The minimum atomic E-state index is 0.898. The molecule has 45 heavy (non-hydrogen) atoms. The third kappa shape index (κ3) is 3.77. The topological polar surface area (TPSA) is 0 Å². The second-order valence-corrected chi connectivity index (χ2v) is 14.1. The molecule has 210 valence electrons. The van der Waals surface area contributed by atoms with Gasteiger partial charge in [-0.2, -0.15) is 0 Å². The molecule has 8 aromatic carbocycles. The number of allylic oxidation sites excluding steroid dienone is 1. The van der Waals surface area contributed by atoms with E-state index in [1.807, 2.05) is 22.7 Å². The molecule has 0 radical (unpaired) electrons. The fraction of sp³-hybridized carbons (Fsp3) is 0.0233. The van der Waals surface area contributed by atoms with Crippen LogP contribution in [0, 0.1) is 0 Å². The highest BCUT2D eigenvalue weighted by atomic mass is 32.1. The third-order valence-corrected chi connectivity index (χ3v) is 11.8. The minimum Gasteiger partial charge on any atom is -0.135 e. The van der Waals surface area contributed by atoms with Crippen molar-refractivity contribution < 1.29 is 0 Å². The van der Waals surface area contributed by atoms with Crippen LogP contribution in [0.1, 0.15) is 16.7 Å². The van der Waals surface area contributed by atoms with E-state index in [4.69, 9.17) is 0 Å². The Bertz CT molecular complexity index is 2760. The number of hydrogen-bond donors (Lipinski definition) is 0. The Kier molecular flexibility index (Phi) is 5.48. The molecule has 0 unspecified atom stereocenters. The van der Waals surface area contributed by atoms with E-state index in [-0.39, 0.29) is 0 Å². The van der Waals surface area contributed by atoms with Crippen molar-refractivity contribution >= 4 is 107 Å². The summed E-state index contributed by atoms with van der Waals surface area (Å²) >= 11 is 3.88. The molecule has 2 aromatic heterocycles. The fourth-order valence-electron chi connectivity index (χ4n) is 7.51. The second-order valence-electron chi connectivity index (χ2n) is 12.0. The average molecular weight is 607 g/mol. The summed E-state index contributed by atoms with van der Waals surface area (Å²) in [6.07, 6.45) is 3.28. The van der Waals surface area contributed by atoms with Gasteiger partial charge < -0.3 is 0 Å². The Labute approximate surface area is 268 Å². The number of rotatable bonds is 4. The Morgan fingerprint density at radius 3 is 1.71 bits per heavy atom. The van der Waals surface area contributed by atoms with Crippen molar-refractivity contribution in [1.82, 2.24) is 0 Å². The predicted molar refractivity (Wildman–Crippen MR) is 200 cm³/mol. The lowest BCUT2D eigenvalue weighted by molar-refractivity contribution is 1.29. The molecule has 2 heterocycles. The Hall–Kier alpha value is -5.02. The summed E-state index contributed by atoms with van der Waals surface area (Å²) in [6, 6.07) is 51.5. The number of hydrogen-bond acceptors (Lipinski definition) is 2. The lowest BCUT2D eigenvalue weighted by Crippen LogP contribution is -1.91. The number of fused-ring (bicyclic) bond motifs is 10. The van der Waals surface area contributed by atoms with Gasteiger partial charge in [0.2, 0.25) is 0 Å². The maximum atomic E-state index is 2.41. The van der Waals surface area contributed by atoms with Gasteiger partial charge >= 0.3 is 0 Å². The molecule has 0 nitrogen and oxygen atoms in total. The smallest absolute Gasteiger partial charge is 0.0440 e. The van der Waals surface area contributed by atoms with Crippen molar-refractivity contribution in [3.8, 4) is 0 Å². The average Bonchev–Trinajstić information content (AvgIpc) is 3.68. The predicted octanol–water partition coefficient (Wildman–Crippen LogP) is 13.1. The quantitative estimate of drug-likeness (QED) is 0.138. The standard InChI is InChI=1S/C43H26S2/c1-3-11-26(12-4-1)23-29(28-13-5-2-6-14-28)24-27-21-22-31-37(25-27)45-43-35-19-9-16-32-38(35)39-33(41(31)43)17-10-18-34(39)42-40(32)30-15-7-8-20-36(30)44-42/h1-22,24-25H,23H2. The SMILES string of the molecule is C(=C(Cc1ccccc1)c1ccccc1)c1ccc2c(c1)sc1c3cccc4c5c6ccccc6sc5c5cccc(c21)c5c34. The van der Waals surface area contributed by atoms with E-state index >= 15 is 0 Å². The van der Waals surface area contributed by atoms with Crippen LogP contribution in [0.4, 0.5) is 0 Å². The first-order chi connectivity index (χ1) is 22.3. The molecule has 2 heteroatoms. The van der Waals surface area contributed by atoms with Crippen molar-refractivity contribution in [1.29, 1.82) is 0 Å². The van der Waals surface area contributed by atoms with Crippen LogP contribution in [-0.4, -0.2) is 0 Å². The molecule has 0 spiro atoms. The van der Waals surface area contributed by atoms with E-state index in [1.165, 1.54) is 94.9 Å². The van der Waals surface area contributed by atoms with Gasteiger partial charge in [-0.15, -0.1) is 22.7 Å². The zero-order valence-electron chi connectivity index (χ0n) is 24.4. The first-order valence-electron chi connectivity index (χ1n) is 15.5. The second kappa shape index (κ2) is 9.74. The highest BCUT2D eigenvalue weighted by Gasteiger charge is 2.21. The highest BCUT2D eigenvalue weighted by Crippen LogP contribution is 2.51. The van der Waals surface area contributed by atoms with Gasteiger partial charge in [0.1, 0.15) is 0 Å². The molecule has 0 saturated carbocycles. The summed E-state index contributed by atoms with van der Waals surface area (Å²) in [6.45, 7) is 0. The normalized spacial score (nSPS) is 12.7. The van der Waals surface area contributed by atoms with Gasteiger partial charge in [-0.3, -0.25) is 0 Å². The summed E-state index contributed by atoms with van der Waals surface area (Å²) in [7, 11) is 0. The maximum absolute atomic E-state index is 2.41. The highest BCUT2D eigenvalue weighted by molar-refractivity contribution is 7.27. The van der Waals surface area contributed by atoms with Gasteiger partial charge in [0.25, 0.3) is 0 Å². The van der Waals surface area contributed by atoms with E-state index in [9.17, 15) is 0 Å². The summed E-state index contributed by atoms with van der Waals surface area (Å²) in [5.74, 6) is 0. The van der Waals surface area contributed by atoms with E-state index < -0.39 is 0 Å². The first kappa shape index (κ1) is 25.3. The van der Waals surface area contributed by atoms with Gasteiger partial charge in [-0.1, -0.05) is 133 Å². The van der Waals surface area contributed by atoms with Crippen LogP contribution in [0.2, 0.25) is 0 Å². The largest absolute Gasteiger partial charge is 0.135 e. The van der Waals surface area contributed by atoms with Crippen LogP contribution in [0.5, 0.6) is 0 Å².